The van der Waals surface area contributed by atoms with E-state index in [-0.39, 0.29) is 17.5 Å². The Morgan fingerprint density at radius 2 is 2.06 bits per heavy atom. The van der Waals surface area contributed by atoms with Gasteiger partial charge in [0, 0.05) is 0 Å². The lowest BCUT2D eigenvalue weighted by atomic mass is 10.2. The number of aromatic nitrogens is 4. The van der Waals surface area contributed by atoms with Crippen LogP contribution in [0, 0.1) is 0 Å². The molecule has 0 saturated heterocycles. The Bertz CT molecular complexity index is 636. The zero-order chi connectivity index (χ0) is 12.9. The van der Waals surface area contributed by atoms with Crippen molar-refractivity contribution in [1.29, 1.82) is 0 Å². The summed E-state index contributed by atoms with van der Waals surface area (Å²) < 4.78 is 1.51. The quantitative estimate of drug-likeness (QED) is 0.472. The Hall–Kier alpha value is -1.77. The summed E-state index contributed by atoms with van der Waals surface area (Å²) >= 11 is 0. The molecule has 18 heavy (non-hydrogen) atoms. The van der Waals surface area contributed by atoms with Crippen LogP contribution in [0.5, 0.6) is 0 Å². The van der Waals surface area contributed by atoms with Gasteiger partial charge in [0.15, 0.2) is 11.2 Å². The molecule has 1 aliphatic rings. The molecule has 1 saturated carbocycles. The van der Waals surface area contributed by atoms with Gasteiger partial charge in [-0.15, -0.1) is 0 Å². The molecule has 4 N–H and O–H groups in total. The van der Waals surface area contributed by atoms with Crippen molar-refractivity contribution in [3.05, 3.63) is 23.0 Å². The molecule has 4 atom stereocenters. The molecular weight excluding hydrogens is 240 g/mol. The molecule has 1 aliphatic carbocycles. The van der Waals surface area contributed by atoms with E-state index in [2.05, 4.69) is 15.0 Å². The highest BCUT2D eigenvalue weighted by Crippen LogP contribution is 2.32. The van der Waals surface area contributed by atoms with Crippen LogP contribution < -0.4 is 5.56 Å². The molecule has 2 heterocycles. The van der Waals surface area contributed by atoms with Gasteiger partial charge in [-0.05, 0) is 6.42 Å². The summed E-state index contributed by atoms with van der Waals surface area (Å²) in [5.41, 5.74) is 0.122. The fraction of sp³-hybridized carbons (Fsp3) is 0.500. The van der Waals surface area contributed by atoms with E-state index in [1.165, 1.54) is 17.2 Å². The summed E-state index contributed by atoms with van der Waals surface area (Å²) in [5.74, 6) is 0. The molecule has 0 aromatic carbocycles. The number of aliphatic hydroxyl groups is 3. The highest BCUT2D eigenvalue weighted by molar-refractivity contribution is 5.69. The average Bonchev–Trinajstić information content (AvgIpc) is 2.88. The van der Waals surface area contributed by atoms with Crippen molar-refractivity contribution in [1.82, 2.24) is 19.5 Å². The number of hydrogen-bond acceptors (Lipinski definition) is 6. The normalized spacial score (nSPS) is 32.2. The number of nitrogens with one attached hydrogen (secondary N) is 1. The van der Waals surface area contributed by atoms with Crippen molar-refractivity contribution in [3.8, 4) is 0 Å². The average molecular weight is 252 g/mol. The third-order valence-electron chi connectivity index (χ3n) is 3.34. The Kier molecular flexibility index (Phi) is 2.44. The summed E-state index contributed by atoms with van der Waals surface area (Å²) in [5, 5.41) is 28.9. The molecule has 2 aromatic rings. The minimum absolute atomic E-state index is 0.167. The highest BCUT2D eigenvalue weighted by Gasteiger charge is 2.42. The molecule has 3 rings (SSSR count). The fourth-order valence-corrected chi connectivity index (χ4v) is 2.37. The van der Waals surface area contributed by atoms with E-state index in [1.807, 2.05) is 0 Å². The van der Waals surface area contributed by atoms with E-state index >= 15 is 0 Å². The first-order chi connectivity index (χ1) is 8.59. The number of fused-ring (bicyclic) bond motifs is 1. The predicted octanol–water partition coefficient (Wildman–Crippen LogP) is -1.85. The van der Waals surface area contributed by atoms with Crippen LogP contribution in [-0.4, -0.2) is 53.2 Å². The van der Waals surface area contributed by atoms with Crippen molar-refractivity contribution in [2.75, 3.05) is 0 Å². The zero-order valence-corrected chi connectivity index (χ0v) is 9.26. The third-order valence-corrected chi connectivity index (χ3v) is 3.34. The molecule has 96 valence electrons. The number of hydrogen-bond donors (Lipinski definition) is 4. The second-order valence-electron chi connectivity index (χ2n) is 4.41. The van der Waals surface area contributed by atoms with E-state index < -0.39 is 24.4 Å². The van der Waals surface area contributed by atoms with Crippen molar-refractivity contribution in [3.63, 3.8) is 0 Å². The minimum Gasteiger partial charge on any atom is -0.390 e. The molecule has 0 spiro atoms. The van der Waals surface area contributed by atoms with Gasteiger partial charge in [-0.25, -0.2) is 9.97 Å². The lowest BCUT2D eigenvalue weighted by Crippen LogP contribution is -2.31. The second-order valence-corrected chi connectivity index (χ2v) is 4.41. The Labute approximate surface area is 101 Å². The lowest BCUT2D eigenvalue weighted by Gasteiger charge is -2.17. The summed E-state index contributed by atoms with van der Waals surface area (Å²) in [6.45, 7) is 0. The van der Waals surface area contributed by atoms with Crippen molar-refractivity contribution in [2.45, 2.75) is 30.8 Å². The van der Waals surface area contributed by atoms with Gasteiger partial charge in [0.05, 0.1) is 24.8 Å². The van der Waals surface area contributed by atoms with Crippen LogP contribution in [0.3, 0.4) is 0 Å². The maximum Gasteiger partial charge on any atom is 0.278 e. The van der Waals surface area contributed by atoms with Gasteiger partial charge < -0.3 is 24.9 Å². The largest absolute Gasteiger partial charge is 0.390 e. The Morgan fingerprint density at radius 3 is 2.72 bits per heavy atom. The second kappa shape index (κ2) is 3.87. The molecule has 1 fully saturated rings. The first-order valence-electron chi connectivity index (χ1n) is 5.54. The van der Waals surface area contributed by atoms with Crippen LogP contribution in [0.1, 0.15) is 12.5 Å². The van der Waals surface area contributed by atoms with Crippen LogP contribution in [0.15, 0.2) is 17.4 Å². The van der Waals surface area contributed by atoms with Crippen molar-refractivity contribution < 1.29 is 15.3 Å². The van der Waals surface area contributed by atoms with Crippen LogP contribution in [0.4, 0.5) is 0 Å². The van der Waals surface area contributed by atoms with Gasteiger partial charge in [0.1, 0.15) is 12.2 Å². The Balaban J connectivity index is 2.11. The topological polar surface area (TPSA) is 124 Å². The SMILES string of the molecule is O=c1[nH]cnc2c1ncn2[C@@H]1C[C@@H](O)[C@@H](O)[C@H]1O. The fourth-order valence-electron chi connectivity index (χ4n) is 2.37. The maximum atomic E-state index is 11.5. The maximum absolute atomic E-state index is 11.5. The van der Waals surface area contributed by atoms with Crippen LogP contribution in [-0.2, 0) is 0 Å². The molecule has 2 aromatic heterocycles. The van der Waals surface area contributed by atoms with Crippen molar-refractivity contribution in [2.24, 2.45) is 0 Å². The number of H-pyrrole nitrogens is 1. The van der Waals surface area contributed by atoms with Crippen LogP contribution in [0.25, 0.3) is 11.2 Å². The van der Waals surface area contributed by atoms with Crippen LogP contribution >= 0.6 is 0 Å². The van der Waals surface area contributed by atoms with Crippen LogP contribution in [0.2, 0.25) is 0 Å². The van der Waals surface area contributed by atoms with E-state index in [0.29, 0.717) is 5.65 Å². The van der Waals surface area contributed by atoms with Gasteiger partial charge in [0.2, 0.25) is 0 Å². The van der Waals surface area contributed by atoms with E-state index in [4.69, 9.17) is 0 Å². The van der Waals surface area contributed by atoms with E-state index in [9.17, 15) is 20.1 Å². The Morgan fingerprint density at radius 1 is 1.28 bits per heavy atom. The van der Waals surface area contributed by atoms with Gasteiger partial charge >= 0.3 is 0 Å². The third kappa shape index (κ3) is 1.47. The lowest BCUT2D eigenvalue weighted by molar-refractivity contribution is -0.0244. The number of imidazole rings is 1. The first-order valence-corrected chi connectivity index (χ1v) is 5.54. The monoisotopic (exact) mass is 252 g/mol. The zero-order valence-electron chi connectivity index (χ0n) is 9.26. The summed E-state index contributed by atoms with van der Waals surface area (Å²) in [7, 11) is 0. The van der Waals surface area contributed by atoms with Crippen molar-refractivity contribution >= 4 is 11.2 Å². The van der Waals surface area contributed by atoms with E-state index in [0.717, 1.165) is 0 Å². The standard InChI is InChI=1S/C10H12N4O4/c15-5-1-4(7(16)8(5)17)14-3-13-6-9(14)11-2-12-10(6)18/h2-5,7-8,15-17H,1H2,(H,11,12,18)/t4-,5-,7+,8-/m1/s1. The molecule has 0 unspecified atom stereocenters. The summed E-state index contributed by atoms with van der Waals surface area (Å²) in [6, 6.07) is -0.547. The molecule has 0 amide bonds. The molecule has 8 nitrogen and oxygen atoms in total. The minimum atomic E-state index is -1.20. The van der Waals surface area contributed by atoms with E-state index in [1.54, 1.807) is 0 Å². The summed E-state index contributed by atoms with van der Waals surface area (Å²) in [4.78, 5) is 21.8. The molecule has 0 bridgehead atoms. The molecular formula is C10H12N4O4. The number of aromatic amines is 1. The number of nitrogens with zero attached hydrogens (tertiary/aromatic N) is 3. The number of rotatable bonds is 1. The highest BCUT2D eigenvalue weighted by atomic mass is 16.4. The van der Waals surface area contributed by atoms with Gasteiger partial charge in [-0.1, -0.05) is 0 Å². The number of aliphatic hydroxyl groups excluding tert-OH is 3. The first kappa shape index (κ1) is 11.3. The predicted molar refractivity (Wildman–Crippen MR) is 59.8 cm³/mol. The molecule has 0 radical (unpaired) electrons. The smallest absolute Gasteiger partial charge is 0.278 e. The van der Waals surface area contributed by atoms with Gasteiger partial charge in [-0.3, -0.25) is 4.79 Å². The summed E-state index contributed by atoms with van der Waals surface area (Å²) in [6.07, 6.45) is -0.498. The van der Waals surface area contributed by atoms with Gasteiger partial charge in [-0.2, -0.15) is 0 Å². The molecule has 0 aliphatic heterocycles. The molecule has 8 heteroatoms. The van der Waals surface area contributed by atoms with Gasteiger partial charge in [0.25, 0.3) is 5.56 Å².